The van der Waals surface area contributed by atoms with Crippen LogP contribution in [-0.2, 0) is 4.74 Å². The van der Waals surface area contributed by atoms with Crippen molar-refractivity contribution in [2.45, 2.75) is 6.92 Å². The van der Waals surface area contributed by atoms with Crippen LogP contribution < -0.4 is 4.74 Å². The van der Waals surface area contributed by atoms with Crippen molar-refractivity contribution in [1.29, 1.82) is 0 Å². The Balaban J connectivity index is 2.40. The summed E-state index contributed by atoms with van der Waals surface area (Å²) in [5, 5.41) is 0.466. The lowest BCUT2D eigenvalue weighted by molar-refractivity contribution is 0.0301. The van der Waals surface area contributed by atoms with Crippen LogP contribution in [-0.4, -0.2) is 44.2 Å². The molecule has 1 fully saturated rings. The van der Waals surface area contributed by atoms with E-state index in [1.54, 1.807) is 11.0 Å². The van der Waals surface area contributed by atoms with Crippen LogP contribution >= 0.6 is 27.5 Å². The molecule has 0 radical (unpaired) electrons. The van der Waals surface area contributed by atoms with Crippen LogP contribution in [0, 0.1) is 6.92 Å². The van der Waals surface area contributed by atoms with Crippen LogP contribution in [0.15, 0.2) is 10.5 Å². The van der Waals surface area contributed by atoms with Crippen molar-refractivity contribution in [2.24, 2.45) is 0 Å². The van der Waals surface area contributed by atoms with Crippen molar-refractivity contribution < 1.29 is 14.3 Å². The number of hydrogen-bond donors (Lipinski definition) is 0. The Morgan fingerprint density at radius 2 is 2.11 bits per heavy atom. The summed E-state index contributed by atoms with van der Waals surface area (Å²) in [6.07, 6.45) is 0. The van der Waals surface area contributed by atoms with Gasteiger partial charge in [-0.15, -0.1) is 0 Å². The van der Waals surface area contributed by atoms with Gasteiger partial charge >= 0.3 is 0 Å². The quantitative estimate of drug-likeness (QED) is 0.825. The van der Waals surface area contributed by atoms with Gasteiger partial charge in [0.2, 0.25) is 0 Å². The van der Waals surface area contributed by atoms with Crippen molar-refractivity contribution in [1.82, 2.24) is 4.90 Å². The highest BCUT2D eigenvalue weighted by Crippen LogP contribution is 2.37. The highest BCUT2D eigenvalue weighted by Gasteiger charge is 2.24. The molecule has 0 spiro atoms. The molecule has 1 saturated heterocycles. The van der Waals surface area contributed by atoms with Gasteiger partial charge in [0.05, 0.1) is 30.9 Å². The average Bonchev–Trinajstić information content (AvgIpc) is 2.44. The number of halogens is 2. The molecular weight excluding hydrogens is 334 g/mol. The van der Waals surface area contributed by atoms with E-state index in [0.29, 0.717) is 42.6 Å². The Hall–Kier alpha value is -0.780. The molecule has 1 heterocycles. The average molecular weight is 349 g/mol. The topological polar surface area (TPSA) is 38.8 Å². The van der Waals surface area contributed by atoms with Gasteiger partial charge in [0.25, 0.3) is 5.91 Å². The molecule has 0 aliphatic carbocycles. The van der Waals surface area contributed by atoms with Crippen molar-refractivity contribution in [2.75, 3.05) is 33.4 Å². The Morgan fingerprint density at radius 3 is 2.68 bits per heavy atom. The smallest absolute Gasteiger partial charge is 0.257 e. The lowest BCUT2D eigenvalue weighted by Gasteiger charge is -2.27. The molecule has 2 rings (SSSR count). The number of morpholine rings is 1. The molecule has 6 heteroatoms. The minimum Gasteiger partial charge on any atom is -0.494 e. The van der Waals surface area contributed by atoms with Crippen LogP contribution in [0.1, 0.15) is 15.9 Å². The maximum atomic E-state index is 12.5. The predicted molar refractivity (Wildman–Crippen MR) is 77.2 cm³/mol. The van der Waals surface area contributed by atoms with Crippen LogP contribution in [0.25, 0.3) is 0 Å². The zero-order valence-corrected chi connectivity index (χ0v) is 13.2. The number of amides is 1. The summed E-state index contributed by atoms with van der Waals surface area (Å²) in [5.41, 5.74) is 1.34. The van der Waals surface area contributed by atoms with E-state index in [2.05, 4.69) is 15.9 Å². The minimum atomic E-state index is -0.0808. The number of carbonyl (C=O) groups excluding carboxylic acids is 1. The second kappa shape index (κ2) is 6.11. The zero-order valence-electron chi connectivity index (χ0n) is 10.8. The first-order valence-corrected chi connectivity index (χ1v) is 7.13. The van der Waals surface area contributed by atoms with Gasteiger partial charge in [0, 0.05) is 17.6 Å². The third-order valence-electron chi connectivity index (χ3n) is 3.14. The molecular formula is C13H15BrClNO3. The molecule has 0 atom stereocenters. The van der Waals surface area contributed by atoms with E-state index in [-0.39, 0.29) is 5.91 Å². The van der Waals surface area contributed by atoms with E-state index in [1.807, 2.05) is 6.92 Å². The molecule has 4 nitrogen and oxygen atoms in total. The van der Waals surface area contributed by atoms with Crippen molar-refractivity contribution >= 4 is 33.4 Å². The number of methoxy groups -OCH3 is 1. The SMILES string of the molecule is COc1c(C(=O)N2CCOCC2)cc(Br)c(C)c1Cl. The monoisotopic (exact) mass is 347 g/mol. The summed E-state index contributed by atoms with van der Waals surface area (Å²) in [7, 11) is 1.52. The number of rotatable bonds is 2. The van der Waals surface area contributed by atoms with Crippen LogP contribution in [0.4, 0.5) is 0 Å². The second-order valence-corrected chi connectivity index (χ2v) is 5.52. The van der Waals surface area contributed by atoms with Gasteiger partial charge in [-0.2, -0.15) is 0 Å². The van der Waals surface area contributed by atoms with Gasteiger partial charge in [-0.3, -0.25) is 4.79 Å². The van der Waals surface area contributed by atoms with Crippen molar-refractivity contribution in [3.8, 4) is 5.75 Å². The fraction of sp³-hybridized carbons (Fsp3) is 0.462. The highest BCUT2D eigenvalue weighted by molar-refractivity contribution is 9.10. The van der Waals surface area contributed by atoms with Gasteiger partial charge in [-0.1, -0.05) is 27.5 Å². The van der Waals surface area contributed by atoms with Crippen LogP contribution in [0.5, 0.6) is 5.75 Å². The normalized spacial score (nSPS) is 15.5. The molecule has 104 valence electrons. The molecule has 1 aliphatic heterocycles. The summed E-state index contributed by atoms with van der Waals surface area (Å²) in [5.74, 6) is 0.349. The molecule has 0 bridgehead atoms. The van der Waals surface area contributed by atoms with E-state index >= 15 is 0 Å². The van der Waals surface area contributed by atoms with Crippen LogP contribution in [0.2, 0.25) is 5.02 Å². The number of hydrogen-bond acceptors (Lipinski definition) is 3. The third kappa shape index (κ3) is 2.88. The summed E-state index contributed by atoms with van der Waals surface area (Å²) in [4.78, 5) is 14.3. The third-order valence-corrected chi connectivity index (χ3v) is 4.41. The van der Waals surface area contributed by atoms with Gasteiger partial charge in [0.1, 0.15) is 0 Å². The number of ether oxygens (including phenoxy) is 2. The molecule has 1 aromatic carbocycles. The second-order valence-electron chi connectivity index (χ2n) is 4.28. The molecule has 0 unspecified atom stereocenters. The van der Waals surface area contributed by atoms with Gasteiger partial charge in [0.15, 0.2) is 5.75 Å². The fourth-order valence-corrected chi connectivity index (χ4v) is 2.81. The van der Waals surface area contributed by atoms with E-state index in [9.17, 15) is 4.79 Å². The summed E-state index contributed by atoms with van der Waals surface area (Å²) < 4.78 is 11.3. The van der Waals surface area contributed by atoms with Gasteiger partial charge in [-0.05, 0) is 18.6 Å². The Morgan fingerprint density at radius 1 is 1.47 bits per heavy atom. The number of benzene rings is 1. The van der Waals surface area contributed by atoms with E-state index in [1.165, 1.54) is 7.11 Å². The number of carbonyl (C=O) groups is 1. The highest BCUT2D eigenvalue weighted by atomic mass is 79.9. The Kier molecular flexibility index (Phi) is 4.71. The number of nitrogens with zero attached hydrogens (tertiary/aromatic N) is 1. The molecule has 0 saturated carbocycles. The molecule has 1 aromatic rings. The first-order chi connectivity index (χ1) is 9.06. The van der Waals surface area contributed by atoms with E-state index < -0.39 is 0 Å². The standard InChI is InChI=1S/C13H15BrClNO3/c1-8-10(14)7-9(12(18-2)11(8)15)13(17)16-3-5-19-6-4-16/h7H,3-6H2,1-2H3. The maximum Gasteiger partial charge on any atom is 0.257 e. The molecule has 19 heavy (non-hydrogen) atoms. The van der Waals surface area contributed by atoms with Crippen molar-refractivity contribution in [3.05, 3.63) is 26.7 Å². The van der Waals surface area contributed by atoms with E-state index in [4.69, 9.17) is 21.1 Å². The Labute approximate surface area is 125 Å². The predicted octanol–water partition coefficient (Wildman–Crippen LogP) is 2.89. The first-order valence-electron chi connectivity index (χ1n) is 5.96. The Bertz CT molecular complexity index is 501. The van der Waals surface area contributed by atoms with E-state index in [0.717, 1.165) is 10.0 Å². The summed E-state index contributed by atoms with van der Waals surface area (Å²) in [6, 6.07) is 1.76. The lowest BCUT2D eigenvalue weighted by atomic mass is 10.1. The molecule has 1 aliphatic rings. The molecule has 0 aromatic heterocycles. The van der Waals surface area contributed by atoms with Gasteiger partial charge < -0.3 is 14.4 Å². The first kappa shape index (κ1) is 14.6. The minimum absolute atomic E-state index is 0.0808. The van der Waals surface area contributed by atoms with Crippen LogP contribution in [0.3, 0.4) is 0 Å². The van der Waals surface area contributed by atoms with Gasteiger partial charge in [-0.25, -0.2) is 0 Å². The summed E-state index contributed by atoms with van der Waals surface area (Å²) in [6.45, 7) is 4.18. The lowest BCUT2D eigenvalue weighted by Crippen LogP contribution is -2.40. The molecule has 0 N–H and O–H groups in total. The zero-order chi connectivity index (χ0) is 14.0. The summed E-state index contributed by atoms with van der Waals surface area (Å²) >= 11 is 9.65. The van der Waals surface area contributed by atoms with Crippen molar-refractivity contribution in [3.63, 3.8) is 0 Å². The largest absolute Gasteiger partial charge is 0.494 e. The maximum absolute atomic E-state index is 12.5. The fourth-order valence-electron chi connectivity index (χ4n) is 1.99. The molecule has 1 amide bonds.